The number of rotatable bonds is 4. The number of carboxylic acid groups (broad SMARTS) is 1. The van der Waals surface area contributed by atoms with Gasteiger partial charge in [-0.15, -0.1) is 11.3 Å². The number of aryl methyl sites for hydroxylation is 1. The zero-order valence-electron chi connectivity index (χ0n) is 11.5. The average Bonchev–Trinajstić information content (AvgIpc) is 3.06. The van der Waals surface area contributed by atoms with Crippen LogP contribution in [-0.2, 0) is 19.1 Å². The minimum Gasteiger partial charge on any atom is -0.479 e. The molecule has 1 amide bonds. The Hall–Kier alpha value is -1.93. The van der Waals surface area contributed by atoms with E-state index in [-0.39, 0.29) is 0 Å². The van der Waals surface area contributed by atoms with Gasteiger partial charge in [-0.2, -0.15) is 0 Å². The third-order valence-electron chi connectivity index (χ3n) is 3.18. The van der Waals surface area contributed by atoms with Crippen molar-refractivity contribution in [3.8, 4) is 0 Å². The van der Waals surface area contributed by atoms with Crippen molar-refractivity contribution in [2.24, 2.45) is 0 Å². The van der Waals surface area contributed by atoms with E-state index in [1.165, 1.54) is 18.4 Å². The molecule has 2 rings (SSSR count). The van der Waals surface area contributed by atoms with Crippen molar-refractivity contribution in [3.05, 3.63) is 15.8 Å². The van der Waals surface area contributed by atoms with Gasteiger partial charge in [0.25, 0.3) is 5.91 Å². The second-order valence-electron chi connectivity index (χ2n) is 4.63. The molecule has 1 aliphatic rings. The van der Waals surface area contributed by atoms with E-state index in [4.69, 9.17) is 9.84 Å². The number of thiophene rings is 1. The summed E-state index contributed by atoms with van der Waals surface area (Å²) in [6, 6.07) is 0. The number of carbonyl (C=O) groups excluding carboxylic acids is 2. The van der Waals surface area contributed by atoms with Gasteiger partial charge in [0.15, 0.2) is 6.10 Å². The van der Waals surface area contributed by atoms with Crippen molar-refractivity contribution < 1.29 is 29.0 Å². The van der Waals surface area contributed by atoms with Crippen molar-refractivity contribution >= 4 is 34.9 Å². The molecule has 0 radical (unpaired) electrons. The topological polar surface area (TPSA) is 102 Å². The fraction of sp³-hybridized carbons (Fsp3) is 0.462. The van der Waals surface area contributed by atoms with E-state index < -0.39 is 30.1 Å². The van der Waals surface area contributed by atoms with Gasteiger partial charge in [0, 0.05) is 0 Å². The predicted octanol–water partition coefficient (Wildman–Crippen LogP) is 1.41. The molecule has 1 aromatic rings. The maximum atomic E-state index is 12.1. The SMILES string of the molecule is COC(=O)c1scc(C)c1NC(=O)C1CCC(C(=O)O)O1. The number of methoxy groups -OCH3 is 1. The molecule has 1 aliphatic heterocycles. The first-order valence-electron chi connectivity index (χ1n) is 6.29. The number of esters is 1. The first kappa shape index (κ1) is 15.5. The Morgan fingerprint density at radius 3 is 2.62 bits per heavy atom. The molecule has 1 fully saturated rings. The number of amides is 1. The van der Waals surface area contributed by atoms with Crippen LogP contribution >= 0.6 is 11.3 Å². The minimum atomic E-state index is -1.08. The molecule has 114 valence electrons. The van der Waals surface area contributed by atoms with E-state index in [1.807, 2.05) is 0 Å². The molecular formula is C13H15NO6S. The number of carbonyl (C=O) groups is 3. The normalized spacial score (nSPS) is 21.0. The highest BCUT2D eigenvalue weighted by atomic mass is 32.1. The molecular weight excluding hydrogens is 298 g/mol. The summed E-state index contributed by atoms with van der Waals surface area (Å²) in [5.41, 5.74) is 1.13. The molecule has 1 saturated heterocycles. The molecule has 0 saturated carbocycles. The van der Waals surface area contributed by atoms with Crippen LogP contribution in [0.2, 0.25) is 0 Å². The number of carboxylic acids is 1. The highest BCUT2D eigenvalue weighted by molar-refractivity contribution is 7.12. The Morgan fingerprint density at radius 2 is 2.05 bits per heavy atom. The number of hydrogen-bond donors (Lipinski definition) is 2. The summed E-state index contributed by atoms with van der Waals surface area (Å²) in [6.45, 7) is 1.76. The van der Waals surface area contributed by atoms with Crippen molar-refractivity contribution in [2.45, 2.75) is 32.0 Å². The van der Waals surface area contributed by atoms with E-state index in [2.05, 4.69) is 10.1 Å². The van der Waals surface area contributed by atoms with Gasteiger partial charge < -0.3 is 19.9 Å². The fourth-order valence-corrected chi connectivity index (χ4v) is 2.98. The molecule has 2 atom stereocenters. The lowest BCUT2D eigenvalue weighted by Gasteiger charge is -2.12. The van der Waals surface area contributed by atoms with E-state index >= 15 is 0 Å². The third kappa shape index (κ3) is 3.22. The second-order valence-corrected chi connectivity index (χ2v) is 5.51. The summed E-state index contributed by atoms with van der Waals surface area (Å²) in [5.74, 6) is -2.06. The highest BCUT2D eigenvalue weighted by Crippen LogP contribution is 2.29. The van der Waals surface area contributed by atoms with Crippen LogP contribution in [0.15, 0.2) is 5.38 Å². The number of anilines is 1. The molecule has 2 heterocycles. The molecule has 0 spiro atoms. The Labute approximate surface area is 124 Å². The molecule has 21 heavy (non-hydrogen) atoms. The molecule has 8 heteroatoms. The van der Waals surface area contributed by atoms with Crippen molar-refractivity contribution in [1.82, 2.24) is 0 Å². The van der Waals surface area contributed by atoms with Gasteiger partial charge in [-0.05, 0) is 30.7 Å². The van der Waals surface area contributed by atoms with Crippen LogP contribution in [0.4, 0.5) is 5.69 Å². The second kappa shape index (κ2) is 6.23. The smallest absolute Gasteiger partial charge is 0.350 e. The first-order valence-corrected chi connectivity index (χ1v) is 7.17. The summed E-state index contributed by atoms with van der Waals surface area (Å²) >= 11 is 1.17. The molecule has 1 aromatic heterocycles. The van der Waals surface area contributed by atoms with Gasteiger partial charge in [-0.25, -0.2) is 9.59 Å². The van der Waals surface area contributed by atoms with Gasteiger partial charge >= 0.3 is 11.9 Å². The summed E-state index contributed by atoms with van der Waals surface area (Å²) in [4.78, 5) is 34.8. The lowest BCUT2D eigenvalue weighted by atomic mass is 10.2. The molecule has 0 bridgehead atoms. The maximum Gasteiger partial charge on any atom is 0.350 e. The van der Waals surface area contributed by atoms with E-state index in [9.17, 15) is 14.4 Å². The van der Waals surface area contributed by atoms with Crippen LogP contribution in [0, 0.1) is 6.92 Å². The molecule has 7 nitrogen and oxygen atoms in total. The third-order valence-corrected chi connectivity index (χ3v) is 4.26. The number of nitrogens with one attached hydrogen (secondary N) is 1. The van der Waals surface area contributed by atoms with Gasteiger partial charge in [0.2, 0.25) is 0 Å². The lowest BCUT2D eigenvalue weighted by Crippen LogP contribution is -2.30. The Bertz CT molecular complexity index is 581. The summed E-state index contributed by atoms with van der Waals surface area (Å²) in [7, 11) is 1.26. The minimum absolute atomic E-state index is 0.292. The number of ether oxygens (including phenoxy) is 2. The summed E-state index contributed by atoms with van der Waals surface area (Å²) < 4.78 is 9.83. The quantitative estimate of drug-likeness (QED) is 0.815. The van der Waals surface area contributed by atoms with Crippen molar-refractivity contribution in [3.63, 3.8) is 0 Å². The Morgan fingerprint density at radius 1 is 1.38 bits per heavy atom. The number of hydrogen-bond acceptors (Lipinski definition) is 6. The zero-order chi connectivity index (χ0) is 15.6. The monoisotopic (exact) mass is 313 g/mol. The first-order chi connectivity index (χ1) is 9.93. The van der Waals surface area contributed by atoms with Crippen LogP contribution in [-0.4, -0.2) is 42.3 Å². The van der Waals surface area contributed by atoms with Crippen LogP contribution in [0.5, 0.6) is 0 Å². The van der Waals surface area contributed by atoms with Crippen LogP contribution < -0.4 is 5.32 Å². The van der Waals surface area contributed by atoms with Crippen LogP contribution in [0.3, 0.4) is 0 Å². The zero-order valence-corrected chi connectivity index (χ0v) is 12.4. The van der Waals surface area contributed by atoms with Gasteiger partial charge in [0.1, 0.15) is 11.0 Å². The summed E-state index contributed by atoms with van der Waals surface area (Å²) in [6.07, 6.45) is -1.15. The molecule has 2 N–H and O–H groups in total. The standard InChI is InChI=1S/C13H15NO6S/c1-6-5-21-10(13(18)19-2)9(6)14-11(15)7-3-4-8(20-7)12(16)17/h5,7-8H,3-4H2,1-2H3,(H,14,15)(H,16,17). The Kier molecular flexibility index (Phi) is 4.59. The van der Waals surface area contributed by atoms with E-state index in [0.29, 0.717) is 23.4 Å². The van der Waals surface area contributed by atoms with Crippen LogP contribution in [0.25, 0.3) is 0 Å². The maximum absolute atomic E-state index is 12.1. The van der Waals surface area contributed by atoms with Gasteiger partial charge in [-0.3, -0.25) is 4.79 Å². The summed E-state index contributed by atoms with van der Waals surface area (Å²) in [5, 5.41) is 13.2. The highest BCUT2D eigenvalue weighted by Gasteiger charge is 2.35. The molecule has 0 aliphatic carbocycles. The van der Waals surface area contributed by atoms with E-state index in [0.717, 1.165) is 5.56 Å². The molecule has 2 unspecified atom stereocenters. The number of aliphatic carboxylic acids is 1. The van der Waals surface area contributed by atoms with Gasteiger partial charge in [-0.1, -0.05) is 0 Å². The predicted molar refractivity (Wildman–Crippen MR) is 74.6 cm³/mol. The Balaban J connectivity index is 2.09. The molecule has 0 aromatic carbocycles. The average molecular weight is 313 g/mol. The van der Waals surface area contributed by atoms with Crippen molar-refractivity contribution in [2.75, 3.05) is 12.4 Å². The van der Waals surface area contributed by atoms with Gasteiger partial charge in [0.05, 0.1) is 12.8 Å². The fourth-order valence-electron chi connectivity index (χ4n) is 2.06. The van der Waals surface area contributed by atoms with Crippen LogP contribution in [0.1, 0.15) is 28.1 Å². The van der Waals surface area contributed by atoms with Crippen molar-refractivity contribution in [1.29, 1.82) is 0 Å². The van der Waals surface area contributed by atoms with E-state index in [1.54, 1.807) is 12.3 Å². The lowest BCUT2D eigenvalue weighted by molar-refractivity contribution is -0.150. The largest absolute Gasteiger partial charge is 0.479 e.